The lowest BCUT2D eigenvalue weighted by Gasteiger charge is -2.12. The van der Waals surface area contributed by atoms with Gasteiger partial charge in [0.05, 0.1) is 19.1 Å². The van der Waals surface area contributed by atoms with Crippen LogP contribution in [0.3, 0.4) is 0 Å². The van der Waals surface area contributed by atoms with Gasteiger partial charge in [0, 0.05) is 11.6 Å². The van der Waals surface area contributed by atoms with Gasteiger partial charge in [0.15, 0.2) is 0 Å². The van der Waals surface area contributed by atoms with E-state index in [1.54, 1.807) is 19.1 Å². The average Bonchev–Trinajstić information content (AvgIpc) is 2.35. The molecule has 0 radical (unpaired) electrons. The largest absolute Gasteiger partial charge is 0.481 e. The summed E-state index contributed by atoms with van der Waals surface area (Å²) in [5.41, 5.74) is 1.50. The Kier molecular flexibility index (Phi) is 6.18. The first-order valence-corrected chi connectivity index (χ1v) is 6.61. The van der Waals surface area contributed by atoms with Gasteiger partial charge in [-0.1, -0.05) is 12.1 Å². The van der Waals surface area contributed by atoms with E-state index >= 15 is 0 Å². The van der Waals surface area contributed by atoms with E-state index in [9.17, 15) is 9.59 Å². The van der Waals surface area contributed by atoms with Crippen molar-refractivity contribution in [2.24, 2.45) is 0 Å². The van der Waals surface area contributed by atoms with E-state index in [0.717, 1.165) is 5.56 Å². The lowest BCUT2D eigenvalue weighted by atomic mass is 10.1. The highest BCUT2D eigenvalue weighted by Gasteiger charge is 2.12. The van der Waals surface area contributed by atoms with Crippen molar-refractivity contribution < 1.29 is 19.4 Å². The van der Waals surface area contributed by atoms with Gasteiger partial charge < -0.3 is 15.2 Å². The first-order chi connectivity index (χ1) is 9.38. The SMILES string of the molecule is CC(CC(=O)O)NC(=O)c1ccc(COC(C)C)cc1. The number of amides is 1. The molecule has 1 aromatic carbocycles. The molecule has 1 atom stereocenters. The van der Waals surface area contributed by atoms with E-state index in [4.69, 9.17) is 9.84 Å². The van der Waals surface area contributed by atoms with Crippen LogP contribution in [0.4, 0.5) is 0 Å². The summed E-state index contributed by atoms with van der Waals surface area (Å²) in [4.78, 5) is 22.4. The predicted octanol–water partition coefficient (Wildman–Crippen LogP) is 2.20. The van der Waals surface area contributed by atoms with Crippen molar-refractivity contribution in [3.8, 4) is 0 Å². The predicted molar refractivity (Wildman–Crippen MR) is 75.5 cm³/mol. The highest BCUT2D eigenvalue weighted by atomic mass is 16.5. The normalized spacial score (nSPS) is 12.2. The highest BCUT2D eigenvalue weighted by molar-refractivity contribution is 5.94. The van der Waals surface area contributed by atoms with Crippen molar-refractivity contribution in [1.82, 2.24) is 5.32 Å². The fraction of sp³-hybridized carbons (Fsp3) is 0.467. The topological polar surface area (TPSA) is 75.6 Å². The molecule has 0 aliphatic carbocycles. The molecule has 0 spiro atoms. The van der Waals surface area contributed by atoms with Crippen LogP contribution in [0.5, 0.6) is 0 Å². The quantitative estimate of drug-likeness (QED) is 0.802. The zero-order valence-corrected chi connectivity index (χ0v) is 12.1. The molecule has 2 N–H and O–H groups in total. The first-order valence-electron chi connectivity index (χ1n) is 6.61. The van der Waals surface area contributed by atoms with Gasteiger partial charge in [-0.25, -0.2) is 0 Å². The van der Waals surface area contributed by atoms with Gasteiger partial charge in [-0.3, -0.25) is 9.59 Å². The summed E-state index contributed by atoms with van der Waals surface area (Å²) in [6.07, 6.45) is 0.0707. The Bertz CT molecular complexity index is 453. The number of rotatable bonds is 7. The minimum absolute atomic E-state index is 0.0912. The Balaban J connectivity index is 2.55. The molecule has 0 aliphatic rings. The lowest BCUT2D eigenvalue weighted by Crippen LogP contribution is -2.34. The number of hydrogen-bond donors (Lipinski definition) is 2. The van der Waals surface area contributed by atoms with Crippen LogP contribution >= 0.6 is 0 Å². The molecular formula is C15H21NO4. The minimum atomic E-state index is -0.931. The van der Waals surface area contributed by atoms with E-state index in [-0.39, 0.29) is 18.4 Å². The molecule has 5 heteroatoms. The molecule has 0 fully saturated rings. The standard InChI is InChI=1S/C15H21NO4/c1-10(2)20-9-12-4-6-13(7-5-12)15(19)16-11(3)8-14(17)18/h4-7,10-11H,8-9H2,1-3H3,(H,16,19)(H,17,18). The summed E-state index contributed by atoms with van der Waals surface area (Å²) in [6.45, 7) is 6.10. The summed E-state index contributed by atoms with van der Waals surface area (Å²) in [5.74, 6) is -1.20. The summed E-state index contributed by atoms with van der Waals surface area (Å²) >= 11 is 0. The molecule has 0 saturated carbocycles. The zero-order chi connectivity index (χ0) is 15.1. The van der Waals surface area contributed by atoms with Crippen LogP contribution in [0, 0.1) is 0 Å². The van der Waals surface area contributed by atoms with Crippen molar-refractivity contribution in [1.29, 1.82) is 0 Å². The molecule has 1 rings (SSSR count). The van der Waals surface area contributed by atoms with Crippen LogP contribution in [-0.4, -0.2) is 29.1 Å². The maximum atomic E-state index is 11.9. The number of aliphatic carboxylic acids is 1. The average molecular weight is 279 g/mol. The maximum absolute atomic E-state index is 11.9. The monoisotopic (exact) mass is 279 g/mol. The van der Waals surface area contributed by atoms with Gasteiger partial charge in [-0.2, -0.15) is 0 Å². The number of hydrogen-bond acceptors (Lipinski definition) is 3. The zero-order valence-electron chi connectivity index (χ0n) is 12.1. The molecule has 1 unspecified atom stereocenters. The Morgan fingerprint density at radius 3 is 2.30 bits per heavy atom. The molecule has 0 aliphatic heterocycles. The molecule has 1 aromatic rings. The van der Waals surface area contributed by atoms with Crippen LogP contribution in [0.15, 0.2) is 24.3 Å². The summed E-state index contributed by atoms with van der Waals surface area (Å²) in [6, 6.07) is 6.69. The summed E-state index contributed by atoms with van der Waals surface area (Å²) < 4.78 is 5.47. The minimum Gasteiger partial charge on any atom is -0.481 e. The van der Waals surface area contributed by atoms with Crippen LogP contribution in [0.2, 0.25) is 0 Å². The van der Waals surface area contributed by atoms with Crippen molar-refractivity contribution in [2.75, 3.05) is 0 Å². The van der Waals surface area contributed by atoms with Gasteiger partial charge in [0.25, 0.3) is 5.91 Å². The summed E-state index contributed by atoms with van der Waals surface area (Å²) in [7, 11) is 0. The van der Waals surface area contributed by atoms with Gasteiger partial charge in [0.1, 0.15) is 0 Å². The van der Waals surface area contributed by atoms with Gasteiger partial charge >= 0.3 is 5.97 Å². The third kappa shape index (κ3) is 5.84. The number of nitrogens with one attached hydrogen (secondary N) is 1. The fourth-order valence-corrected chi connectivity index (χ4v) is 1.64. The van der Waals surface area contributed by atoms with E-state index < -0.39 is 12.0 Å². The highest BCUT2D eigenvalue weighted by Crippen LogP contribution is 2.07. The van der Waals surface area contributed by atoms with E-state index in [1.807, 2.05) is 26.0 Å². The molecule has 20 heavy (non-hydrogen) atoms. The lowest BCUT2D eigenvalue weighted by molar-refractivity contribution is -0.137. The third-order valence-electron chi connectivity index (χ3n) is 2.66. The van der Waals surface area contributed by atoms with Crippen molar-refractivity contribution in [3.63, 3.8) is 0 Å². The first kappa shape index (κ1) is 16.2. The Hall–Kier alpha value is -1.88. The van der Waals surface area contributed by atoms with E-state index in [0.29, 0.717) is 12.2 Å². The van der Waals surface area contributed by atoms with E-state index in [2.05, 4.69) is 5.32 Å². The Morgan fingerprint density at radius 2 is 1.80 bits per heavy atom. The Morgan fingerprint density at radius 1 is 1.20 bits per heavy atom. The van der Waals surface area contributed by atoms with Crippen molar-refractivity contribution in [3.05, 3.63) is 35.4 Å². The number of ether oxygens (including phenoxy) is 1. The molecule has 1 amide bonds. The van der Waals surface area contributed by atoms with Gasteiger partial charge in [-0.05, 0) is 38.5 Å². The number of carbonyl (C=O) groups is 2. The molecule has 0 heterocycles. The van der Waals surface area contributed by atoms with Crippen LogP contribution in [-0.2, 0) is 16.1 Å². The van der Waals surface area contributed by atoms with Crippen LogP contribution < -0.4 is 5.32 Å². The molecule has 5 nitrogen and oxygen atoms in total. The third-order valence-corrected chi connectivity index (χ3v) is 2.66. The second kappa shape index (κ2) is 7.65. The number of carboxylic acids is 1. The number of benzene rings is 1. The number of carboxylic acid groups (broad SMARTS) is 1. The van der Waals surface area contributed by atoms with Crippen molar-refractivity contribution >= 4 is 11.9 Å². The fourth-order valence-electron chi connectivity index (χ4n) is 1.64. The smallest absolute Gasteiger partial charge is 0.305 e. The Labute approximate surface area is 118 Å². The van der Waals surface area contributed by atoms with Crippen LogP contribution in [0.25, 0.3) is 0 Å². The molecule has 0 saturated heterocycles. The molecule has 0 bridgehead atoms. The van der Waals surface area contributed by atoms with Crippen molar-refractivity contribution in [2.45, 2.75) is 45.9 Å². The van der Waals surface area contributed by atoms with E-state index in [1.165, 1.54) is 0 Å². The molecular weight excluding hydrogens is 258 g/mol. The molecule has 110 valence electrons. The molecule has 0 aromatic heterocycles. The van der Waals surface area contributed by atoms with Gasteiger partial charge in [0.2, 0.25) is 0 Å². The van der Waals surface area contributed by atoms with Crippen LogP contribution in [0.1, 0.15) is 43.1 Å². The maximum Gasteiger partial charge on any atom is 0.305 e. The number of carbonyl (C=O) groups excluding carboxylic acids is 1. The van der Waals surface area contributed by atoms with Gasteiger partial charge in [-0.15, -0.1) is 0 Å². The second-order valence-electron chi connectivity index (χ2n) is 5.03. The summed E-state index contributed by atoms with van der Waals surface area (Å²) in [5, 5.41) is 11.3. The second-order valence-corrected chi connectivity index (χ2v) is 5.03.